The van der Waals surface area contributed by atoms with Crippen molar-refractivity contribution in [2.24, 2.45) is 0 Å². The van der Waals surface area contributed by atoms with Crippen molar-refractivity contribution >= 4 is 21.8 Å². The van der Waals surface area contributed by atoms with E-state index in [0.717, 1.165) is 72.3 Å². The number of fused-ring (bicyclic) bond motifs is 3. The van der Waals surface area contributed by atoms with Crippen LogP contribution in [0.5, 0.6) is 5.75 Å². The Morgan fingerprint density at radius 2 is 1.16 bits per heavy atom. The number of nitrogens with zero attached hydrogens (tertiary/aromatic N) is 4. The molecule has 0 bridgehead atoms. The summed E-state index contributed by atoms with van der Waals surface area (Å²) in [6.07, 6.45) is 1.85. The van der Waals surface area contributed by atoms with E-state index in [4.69, 9.17) is 9.97 Å². The van der Waals surface area contributed by atoms with Crippen LogP contribution in [-0.4, -0.2) is 19.6 Å². The van der Waals surface area contributed by atoms with E-state index in [1.807, 2.05) is 79.0 Å². The van der Waals surface area contributed by atoms with E-state index in [2.05, 4.69) is 131 Å². The molecule has 0 atom stereocenters. The summed E-state index contributed by atoms with van der Waals surface area (Å²) in [6.45, 7) is 13.5. The van der Waals surface area contributed by atoms with Crippen molar-refractivity contribution in [3.05, 3.63) is 181 Å². The largest absolute Gasteiger partial charge is 0.507 e. The first-order valence-electron chi connectivity index (χ1n) is 20.4. The van der Waals surface area contributed by atoms with Gasteiger partial charge in [-0.1, -0.05) is 144 Å². The molecule has 0 spiro atoms. The van der Waals surface area contributed by atoms with Gasteiger partial charge in [-0.25, -0.2) is 0 Å². The maximum absolute atomic E-state index is 11.0. The molecule has 0 fully saturated rings. The summed E-state index contributed by atoms with van der Waals surface area (Å²) in [5.41, 5.74) is 14.6. The van der Waals surface area contributed by atoms with E-state index in [-0.39, 0.29) is 37.6 Å². The molecule has 9 rings (SSSR count). The summed E-state index contributed by atoms with van der Waals surface area (Å²) >= 11 is 0. The summed E-state index contributed by atoms with van der Waals surface area (Å²) in [5, 5.41) is 23.4. The number of phenolic OH excluding ortho intramolecular Hbond substituents is 1. The molecular weight excluding hydrogens is 928 g/mol. The molecule has 0 aliphatic heterocycles. The Morgan fingerprint density at radius 3 is 1.90 bits per heavy atom. The van der Waals surface area contributed by atoms with Crippen molar-refractivity contribution in [3.63, 3.8) is 0 Å². The third-order valence-corrected chi connectivity index (χ3v) is 11.4. The quantitative estimate of drug-likeness (QED) is 0.169. The van der Waals surface area contributed by atoms with Crippen molar-refractivity contribution in [3.8, 4) is 73.5 Å². The number of nitriles is 1. The predicted molar refractivity (Wildman–Crippen MR) is 246 cm³/mol. The summed E-state index contributed by atoms with van der Waals surface area (Å²) in [7, 11) is 0. The van der Waals surface area contributed by atoms with Crippen molar-refractivity contribution in [2.45, 2.75) is 52.4 Å². The Bertz CT molecular complexity index is 3130. The van der Waals surface area contributed by atoms with E-state index in [9.17, 15) is 10.4 Å². The van der Waals surface area contributed by atoms with Crippen molar-refractivity contribution in [1.29, 1.82) is 5.26 Å². The fourth-order valence-corrected chi connectivity index (χ4v) is 8.10. The van der Waals surface area contributed by atoms with E-state index in [1.165, 1.54) is 11.1 Å². The van der Waals surface area contributed by atoms with Gasteiger partial charge in [-0.05, 0) is 81.1 Å². The fraction of sp³-hybridized carbons (Fsp3) is 0.145. The Balaban J connectivity index is 0.00000514. The van der Waals surface area contributed by atoms with E-state index >= 15 is 0 Å². The van der Waals surface area contributed by atoms with Crippen LogP contribution in [-0.2, 0) is 31.9 Å². The first kappa shape index (κ1) is 41.1. The number of rotatable bonds is 6. The topological polar surface area (TPSA) is 74.7 Å². The molecule has 0 aliphatic carbocycles. The Morgan fingerprint density at radius 1 is 0.574 bits per heavy atom. The van der Waals surface area contributed by atoms with Gasteiger partial charge >= 0.3 is 0 Å². The number of aromatic nitrogens is 3. The van der Waals surface area contributed by atoms with Crippen LogP contribution in [0.3, 0.4) is 0 Å². The standard InChI is InChI=1S/C55H45N4O.Pt/c1-54(2,3)41-28-39(29-42(33-41)55(4,5)6)40-31-48(58-49(32-40)46-19-9-12-24-52(46)60)37-17-13-16-36(27-37)47-30-35(25-26-57-47)43-20-14-21-45-44-18-8-11-23-51(44)59(53(43)45)50-22-10-7-15-38(50)34-56;/h7-26,28-33,60H,1-6H3;/q-1;. The summed E-state index contributed by atoms with van der Waals surface area (Å²) < 4.78 is 2.22. The second kappa shape index (κ2) is 16.1. The summed E-state index contributed by atoms with van der Waals surface area (Å²) in [4.78, 5) is 10.0. The summed E-state index contributed by atoms with van der Waals surface area (Å²) in [5.74, 6) is 0.177. The van der Waals surface area contributed by atoms with E-state index in [0.29, 0.717) is 16.8 Å². The Labute approximate surface area is 372 Å². The van der Waals surface area contributed by atoms with Gasteiger partial charge in [-0.15, -0.1) is 24.3 Å². The van der Waals surface area contributed by atoms with Gasteiger partial charge in [0.2, 0.25) is 0 Å². The van der Waals surface area contributed by atoms with Crippen LogP contribution in [0, 0.1) is 17.4 Å². The second-order valence-electron chi connectivity index (χ2n) is 17.5. The molecule has 1 N–H and O–H groups in total. The molecule has 0 saturated heterocycles. The van der Waals surface area contributed by atoms with Crippen LogP contribution < -0.4 is 0 Å². The smallest absolute Gasteiger partial charge is 0.124 e. The normalized spacial score (nSPS) is 11.7. The molecule has 0 aliphatic rings. The van der Waals surface area contributed by atoms with Gasteiger partial charge in [0.15, 0.2) is 0 Å². The molecule has 0 unspecified atom stereocenters. The van der Waals surface area contributed by atoms with Gasteiger partial charge in [0.05, 0.1) is 28.0 Å². The SMILES string of the molecule is CC(C)(C)c1cc(-c2cc(-c3[c-]c(-c4cc(-c5cccc6c7ccccc7n(-c7ccccc7C#N)c56)ccn4)ccc3)nc(-c3ccccc3O)c2)cc(C(C)(C)C)c1.[Pt]. The number of benzene rings is 6. The maximum Gasteiger partial charge on any atom is 0.124 e. The third kappa shape index (κ3) is 7.81. The second-order valence-corrected chi connectivity index (χ2v) is 17.5. The first-order chi connectivity index (χ1) is 28.9. The molecule has 5 nitrogen and oxygen atoms in total. The number of para-hydroxylation sites is 4. The Hall–Kier alpha value is -6.60. The van der Waals surface area contributed by atoms with Gasteiger partial charge < -0.3 is 9.67 Å². The number of hydrogen-bond donors (Lipinski definition) is 1. The van der Waals surface area contributed by atoms with Gasteiger partial charge in [-0.3, -0.25) is 9.97 Å². The van der Waals surface area contributed by atoms with Crippen LogP contribution in [0.15, 0.2) is 158 Å². The number of phenols is 1. The molecular formula is C55H45N4OPt-. The first-order valence-corrected chi connectivity index (χ1v) is 20.4. The Kier molecular flexibility index (Phi) is 10.9. The molecule has 0 amide bonds. The minimum absolute atomic E-state index is 0. The van der Waals surface area contributed by atoms with Crippen LogP contribution in [0.2, 0.25) is 0 Å². The zero-order chi connectivity index (χ0) is 41.8. The molecule has 6 aromatic carbocycles. The molecule has 9 aromatic rings. The fourth-order valence-electron chi connectivity index (χ4n) is 8.10. The number of aromatic hydroxyl groups is 1. The maximum atomic E-state index is 11.0. The molecule has 302 valence electrons. The van der Waals surface area contributed by atoms with E-state index < -0.39 is 0 Å². The van der Waals surface area contributed by atoms with Gasteiger partial charge in [0.25, 0.3) is 0 Å². The molecule has 6 heteroatoms. The monoisotopic (exact) mass is 972 g/mol. The van der Waals surface area contributed by atoms with Crippen molar-refractivity contribution in [2.75, 3.05) is 0 Å². The average Bonchev–Trinajstić information content (AvgIpc) is 3.60. The van der Waals surface area contributed by atoms with Crippen LogP contribution in [0.4, 0.5) is 0 Å². The van der Waals surface area contributed by atoms with Crippen molar-refractivity contribution in [1.82, 2.24) is 14.5 Å². The predicted octanol–water partition coefficient (Wildman–Crippen LogP) is 13.9. The third-order valence-electron chi connectivity index (χ3n) is 11.4. The van der Waals surface area contributed by atoms with Gasteiger partial charge in [0, 0.05) is 60.5 Å². The number of hydrogen-bond acceptors (Lipinski definition) is 4. The van der Waals surface area contributed by atoms with Gasteiger partial charge in [-0.2, -0.15) is 5.26 Å². The minimum Gasteiger partial charge on any atom is -0.507 e. The van der Waals surface area contributed by atoms with E-state index in [1.54, 1.807) is 6.07 Å². The van der Waals surface area contributed by atoms with Crippen LogP contribution in [0.25, 0.3) is 83.5 Å². The molecule has 0 saturated carbocycles. The zero-order valence-electron chi connectivity index (χ0n) is 35.1. The summed E-state index contributed by atoms with van der Waals surface area (Å²) in [6, 6.07) is 57.4. The van der Waals surface area contributed by atoms with Crippen LogP contribution in [0.1, 0.15) is 58.2 Å². The molecule has 61 heavy (non-hydrogen) atoms. The number of pyridine rings is 2. The molecule has 3 heterocycles. The zero-order valence-corrected chi connectivity index (χ0v) is 37.3. The van der Waals surface area contributed by atoms with Crippen LogP contribution >= 0.6 is 0 Å². The van der Waals surface area contributed by atoms with Gasteiger partial charge in [0.1, 0.15) is 11.8 Å². The molecule has 0 radical (unpaired) electrons. The minimum atomic E-state index is -0.0563. The molecule has 3 aromatic heterocycles. The average molecular weight is 973 g/mol. The van der Waals surface area contributed by atoms with Crippen molar-refractivity contribution < 1.29 is 26.2 Å².